The van der Waals surface area contributed by atoms with E-state index >= 15 is 0 Å². The quantitative estimate of drug-likeness (QED) is 0.610. The summed E-state index contributed by atoms with van der Waals surface area (Å²) in [4.78, 5) is 4.42. The fourth-order valence-corrected chi connectivity index (χ4v) is 1.33. The lowest BCUT2D eigenvalue weighted by Gasteiger charge is -2.28. The minimum atomic E-state index is 0.562. The van der Waals surface area contributed by atoms with Crippen LogP contribution in [0.15, 0.2) is 23.9 Å². The van der Waals surface area contributed by atoms with Crippen molar-refractivity contribution < 1.29 is 0 Å². The zero-order chi connectivity index (χ0) is 9.14. The molecule has 0 saturated carbocycles. The molecule has 1 atom stereocenters. The van der Waals surface area contributed by atoms with Gasteiger partial charge in [0.15, 0.2) is 0 Å². The van der Waals surface area contributed by atoms with Crippen molar-refractivity contribution in [2.75, 3.05) is 28.2 Å². The first-order valence-electron chi connectivity index (χ1n) is 4.32. The molecule has 0 saturated heterocycles. The van der Waals surface area contributed by atoms with Crippen molar-refractivity contribution in [3.63, 3.8) is 0 Å². The van der Waals surface area contributed by atoms with Crippen molar-refractivity contribution in [1.29, 1.82) is 0 Å². The van der Waals surface area contributed by atoms with Crippen molar-refractivity contribution >= 4 is 0 Å². The molecule has 0 aliphatic heterocycles. The van der Waals surface area contributed by atoms with Crippen molar-refractivity contribution in [1.82, 2.24) is 9.80 Å². The maximum absolute atomic E-state index is 2.24. The van der Waals surface area contributed by atoms with Gasteiger partial charge in [-0.25, -0.2) is 0 Å². The highest BCUT2D eigenvalue weighted by atomic mass is 15.1. The highest BCUT2D eigenvalue weighted by Gasteiger charge is 2.13. The third kappa shape index (κ3) is 2.11. The molecular weight excluding hydrogens is 148 g/mol. The van der Waals surface area contributed by atoms with E-state index in [4.69, 9.17) is 0 Å². The van der Waals surface area contributed by atoms with E-state index in [-0.39, 0.29) is 0 Å². The van der Waals surface area contributed by atoms with Crippen molar-refractivity contribution in [2.24, 2.45) is 0 Å². The van der Waals surface area contributed by atoms with E-state index in [1.54, 1.807) is 0 Å². The molecule has 0 aromatic carbocycles. The summed E-state index contributed by atoms with van der Waals surface area (Å²) in [7, 11) is 8.43. The van der Waals surface area contributed by atoms with Gasteiger partial charge in [0.1, 0.15) is 0 Å². The molecule has 0 fully saturated rings. The summed E-state index contributed by atoms with van der Waals surface area (Å²) >= 11 is 0. The van der Waals surface area contributed by atoms with Crippen LogP contribution in [0.1, 0.15) is 6.42 Å². The van der Waals surface area contributed by atoms with E-state index in [9.17, 15) is 0 Å². The highest BCUT2D eigenvalue weighted by Crippen LogP contribution is 2.16. The highest BCUT2D eigenvalue weighted by molar-refractivity contribution is 5.20. The molecule has 1 aliphatic carbocycles. The Balaban J connectivity index is 2.61. The van der Waals surface area contributed by atoms with Crippen LogP contribution in [0, 0.1) is 0 Å². The number of rotatable bonds is 2. The molecule has 1 aliphatic rings. The molecule has 0 N–H and O–H groups in total. The third-order valence-electron chi connectivity index (χ3n) is 2.28. The van der Waals surface area contributed by atoms with E-state index in [0.29, 0.717) is 6.04 Å². The smallest absolute Gasteiger partial charge is 0.0329 e. The molecule has 0 aromatic heterocycles. The van der Waals surface area contributed by atoms with Crippen LogP contribution in [-0.4, -0.2) is 44.0 Å². The average molecular weight is 166 g/mol. The fraction of sp³-hybridized carbons (Fsp3) is 0.600. The lowest BCUT2D eigenvalue weighted by molar-refractivity contribution is 0.318. The first-order valence-corrected chi connectivity index (χ1v) is 4.32. The minimum Gasteiger partial charge on any atom is -0.381 e. The lowest BCUT2D eigenvalue weighted by atomic mass is 10.0. The second kappa shape index (κ2) is 3.76. The van der Waals surface area contributed by atoms with Gasteiger partial charge in [-0.15, -0.1) is 0 Å². The predicted octanol–water partition coefficient (Wildman–Crippen LogP) is 1.32. The molecule has 2 nitrogen and oxygen atoms in total. The van der Waals surface area contributed by atoms with Crippen LogP contribution in [0.3, 0.4) is 0 Å². The van der Waals surface area contributed by atoms with E-state index in [1.165, 1.54) is 5.70 Å². The zero-order valence-corrected chi connectivity index (χ0v) is 8.41. The number of hydrogen-bond acceptors (Lipinski definition) is 2. The summed E-state index contributed by atoms with van der Waals surface area (Å²) in [6.45, 7) is 0. The van der Waals surface area contributed by atoms with Gasteiger partial charge < -0.3 is 9.80 Å². The second-order valence-electron chi connectivity index (χ2n) is 3.67. The summed E-state index contributed by atoms with van der Waals surface area (Å²) in [5.41, 5.74) is 1.40. The predicted molar refractivity (Wildman–Crippen MR) is 53.0 cm³/mol. The van der Waals surface area contributed by atoms with Crippen LogP contribution in [0.4, 0.5) is 0 Å². The molecule has 2 heteroatoms. The van der Waals surface area contributed by atoms with E-state index < -0.39 is 0 Å². The summed E-state index contributed by atoms with van der Waals surface area (Å²) < 4.78 is 0. The number of hydrogen-bond donors (Lipinski definition) is 0. The normalized spacial score (nSPS) is 22.8. The molecule has 0 radical (unpaired) electrons. The molecule has 0 spiro atoms. The first kappa shape index (κ1) is 9.33. The van der Waals surface area contributed by atoms with Gasteiger partial charge in [0, 0.05) is 32.3 Å². The van der Waals surface area contributed by atoms with Crippen molar-refractivity contribution in [2.45, 2.75) is 12.5 Å². The van der Waals surface area contributed by atoms with Gasteiger partial charge in [0.25, 0.3) is 0 Å². The monoisotopic (exact) mass is 166 g/mol. The van der Waals surface area contributed by atoms with Crippen LogP contribution in [0.25, 0.3) is 0 Å². The number of likely N-dealkylation sites (N-methyl/N-ethyl adjacent to an activating group) is 1. The third-order valence-corrected chi connectivity index (χ3v) is 2.28. The topological polar surface area (TPSA) is 6.48 Å². The van der Waals surface area contributed by atoms with Crippen LogP contribution in [-0.2, 0) is 0 Å². The molecule has 68 valence electrons. The summed E-state index contributed by atoms with van der Waals surface area (Å²) in [6, 6.07) is 0.562. The fourth-order valence-electron chi connectivity index (χ4n) is 1.33. The Labute approximate surface area is 75.2 Å². The van der Waals surface area contributed by atoms with Crippen molar-refractivity contribution in [3.05, 3.63) is 23.9 Å². The van der Waals surface area contributed by atoms with Crippen LogP contribution in [0.5, 0.6) is 0 Å². The van der Waals surface area contributed by atoms with Gasteiger partial charge in [-0.2, -0.15) is 0 Å². The number of nitrogens with zero attached hydrogens (tertiary/aromatic N) is 2. The minimum absolute atomic E-state index is 0.562. The van der Waals surface area contributed by atoms with Crippen LogP contribution >= 0.6 is 0 Å². The molecule has 0 aromatic rings. The van der Waals surface area contributed by atoms with Gasteiger partial charge in [-0.3, -0.25) is 0 Å². The number of allylic oxidation sites excluding steroid dienone is 2. The molecule has 1 rings (SSSR count). The van der Waals surface area contributed by atoms with E-state index in [0.717, 1.165) is 6.42 Å². The summed E-state index contributed by atoms with van der Waals surface area (Å²) in [5, 5.41) is 0. The Morgan fingerprint density at radius 1 is 1.25 bits per heavy atom. The molecular formula is C10H18N2. The van der Waals surface area contributed by atoms with Gasteiger partial charge in [0.05, 0.1) is 0 Å². The summed E-state index contributed by atoms with van der Waals surface area (Å²) in [5.74, 6) is 0. The second-order valence-corrected chi connectivity index (χ2v) is 3.67. The maximum atomic E-state index is 2.24. The van der Waals surface area contributed by atoms with Crippen LogP contribution in [0.2, 0.25) is 0 Å². The Morgan fingerprint density at radius 2 is 1.92 bits per heavy atom. The molecule has 0 bridgehead atoms. The first-order chi connectivity index (χ1) is 5.61. The van der Waals surface area contributed by atoms with Gasteiger partial charge >= 0.3 is 0 Å². The standard InChI is InChI=1S/C10H18N2/c1-11(2)9-6-5-7-10(8-9)12(3)4/h5-7,9H,8H2,1-4H3. The van der Waals surface area contributed by atoms with Crippen LogP contribution < -0.4 is 0 Å². The van der Waals surface area contributed by atoms with E-state index in [2.05, 4.69) is 56.2 Å². The molecule has 0 amide bonds. The van der Waals surface area contributed by atoms with Crippen molar-refractivity contribution in [3.8, 4) is 0 Å². The van der Waals surface area contributed by atoms with Gasteiger partial charge in [0.2, 0.25) is 0 Å². The molecule has 12 heavy (non-hydrogen) atoms. The summed E-state index contributed by atoms with van der Waals surface area (Å²) in [6.07, 6.45) is 7.69. The Bertz CT molecular complexity index is 202. The van der Waals surface area contributed by atoms with Gasteiger partial charge in [-0.05, 0) is 20.2 Å². The Morgan fingerprint density at radius 3 is 2.42 bits per heavy atom. The van der Waals surface area contributed by atoms with Gasteiger partial charge in [-0.1, -0.05) is 12.2 Å². The zero-order valence-electron chi connectivity index (χ0n) is 8.41. The Hall–Kier alpha value is -0.760. The maximum Gasteiger partial charge on any atom is 0.0329 e. The molecule has 1 unspecified atom stereocenters. The molecule has 0 heterocycles. The Kier molecular flexibility index (Phi) is 2.93. The lowest BCUT2D eigenvalue weighted by Crippen LogP contribution is -2.30. The largest absolute Gasteiger partial charge is 0.381 e. The SMILES string of the molecule is CN(C)C1=CC=CC(N(C)C)C1. The average Bonchev–Trinajstić information content (AvgIpc) is 2.04. The van der Waals surface area contributed by atoms with E-state index in [1.807, 2.05) is 0 Å².